The van der Waals surface area contributed by atoms with E-state index in [0.29, 0.717) is 19.5 Å². The molecule has 5 nitrogen and oxygen atoms in total. The van der Waals surface area contributed by atoms with E-state index in [1.54, 1.807) is 11.3 Å². The molecule has 36 heavy (non-hydrogen) atoms. The Morgan fingerprint density at radius 2 is 1.72 bits per heavy atom. The predicted octanol–water partition coefficient (Wildman–Crippen LogP) is 6.11. The van der Waals surface area contributed by atoms with Crippen LogP contribution in [0.1, 0.15) is 54.3 Å². The Kier molecular flexibility index (Phi) is 6.08. The molecule has 4 aromatic rings. The maximum atomic E-state index is 13.5. The molecule has 0 radical (unpaired) electrons. The van der Waals surface area contributed by atoms with E-state index in [4.69, 9.17) is 0 Å². The molecule has 6 rings (SSSR count). The van der Waals surface area contributed by atoms with E-state index < -0.39 is 0 Å². The summed E-state index contributed by atoms with van der Waals surface area (Å²) in [6.45, 7) is 5.34. The minimum Gasteiger partial charge on any atom is -0.341 e. The second-order valence-electron chi connectivity index (χ2n) is 10.2. The van der Waals surface area contributed by atoms with Gasteiger partial charge in [0.05, 0.1) is 0 Å². The number of hydrogen-bond donors (Lipinski definition) is 0. The van der Waals surface area contributed by atoms with Crippen molar-refractivity contribution in [3.63, 3.8) is 0 Å². The Hall–Kier alpha value is -3.12. The number of piperidine rings is 1. The van der Waals surface area contributed by atoms with Crippen molar-refractivity contribution in [2.24, 2.45) is 0 Å². The fraction of sp³-hybridized carbons (Fsp3) is 0.400. The summed E-state index contributed by atoms with van der Waals surface area (Å²) in [5.74, 6) is 0.382. The zero-order chi connectivity index (χ0) is 24.7. The van der Waals surface area contributed by atoms with Crippen LogP contribution in [-0.2, 0) is 17.8 Å². The van der Waals surface area contributed by atoms with Crippen molar-refractivity contribution in [2.75, 3.05) is 19.6 Å². The molecule has 0 aliphatic carbocycles. The van der Waals surface area contributed by atoms with E-state index >= 15 is 0 Å². The van der Waals surface area contributed by atoms with Gasteiger partial charge < -0.3 is 14.4 Å². The van der Waals surface area contributed by atoms with Gasteiger partial charge in [0.1, 0.15) is 0 Å². The van der Waals surface area contributed by atoms with Crippen LogP contribution in [0.2, 0.25) is 0 Å². The summed E-state index contributed by atoms with van der Waals surface area (Å²) in [7, 11) is 0. The van der Waals surface area contributed by atoms with Gasteiger partial charge in [0.2, 0.25) is 5.91 Å². The molecule has 2 aliphatic rings. The largest absolute Gasteiger partial charge is 0.341 e. The van der Waals surface area contributed by atoms with Crippen LogP contribution in [0.15, 0.2) is 60.0 Å². The average molecular weight is 500 g/mol. The van der Waals surface area contributed by atoms with Crippen molar-refractivity contribution in [2.45, 2.75) is 57.5 Å². The lowest BCUT2D eigenvalue weighted by atomic mass is 9.84. The molecule has 0 bridgehead atoms. The number of nitrogens with zero attached hydrogens (tertiary/aromatic N) is 3. The number of para-hydroxylation sites is 1. The van der Waals surface area contributed by atoms with E-state index in [-0.39, 0.29) is 17.4 Å². The summed E-state index contributed by atoms with van der Waals surface area (Å²) < 4.78 is 2.31. The molecule has 0 saturated carbocycles. The monoisotopic (exact) mass is 499 g/mol. The quantitative estimate of drug-likeness (QED) is 0.333. The zero-order valence-electron chi connectivity index (χ0n) is 20.9. The fourth-order valence-electron chi connectivity index (χ4n) is 6.50. The molecule has 2 aromatic heterocycles. The van der Waals surface area contributed by atoms with Gasteiger partial charge in [0, 0.05) is 70.4 Å². The summed E-state index contributed by atoms with van der Waals surface area (Å²) in [6.07, 6.45) is 5.28. The lowest BCUT2D eigenvalue weighted by Crippen LogP contribution is -2.55. The number of benzene rings is 2. The molecule has 2 aliphatic heterocycles. The molecule has 2 aromatic carbocycles. The molecule has 6 heteroatoms. The van der Waals surface area contributed by atoms with Crippen molar-refractivity contribution >= 4 is 45.0 Å². The number of hydrogen-bond acceptors (Lipinski definition) is 3. The van der Waals surface area contributed by atoms with Crippen LogP contribution < -0.4 is 0 Å². The van der Waals surface area contributed by atoms with Gasteiger partial charge in [-0.25, -0.2) is 0 Å². The molecule has 0 unspecified atom stereocenters. The van der Waals surface area contributed by atoms with Crippen LogP contribution in [0.5, 0.6) is 0 Å². The normalized spacial score (nSPS) is 17.5. The SMILES string of the molecule is CCn1c2ccccc2c2cc(C(=O)N3CCC4(CCCN4C(=O)CCc4cccs4)CC3)ccc21. The van der Waals surface area contributed by atoms with E-state index in [2.05, 4.69) is 64.2 Å². The molecule has 186 valence electrons. The maximum absolute atomic E-state index is 13.5. The molecule has 1 spiro atoms. The Balaban J connectivity index is 1.17. The van der Waals surface area contributed by atoms with Gasteiger partial charge in [-0.3, -0.25) is 9.59 Å². The molecular formula is C30H33N3O2S. The Bertz CT molecular complexity index is 1410. The van der Waals surface area contributed by atoms with Crippen LogP contribution in [-0.4, -0.2) is 51.4 Å². The minimum absolute atomic E-state index is 0.0676. The highest BCUT2D eigenvalue weighted by atomic mass is 32.1. The van der Waals surface area contributed by atoms with E-state index in [1.165, 1.54) is 21.3 Å². The highest BCUT2D eigenvalue weighted by molar-refractivity contribution is 7.09. The minimum atomic E-state index is -0.0676. The Morgan fingerprint density at radius 3 is 2.50 bits per heavy atom. The summed E-state index contributed by atoms with van der Waals surface area (Å²) in [4.78, 5) is 32.1. The number of thiophene rings is 1. The van der Waals surface area contributed by atoms with Crippen molar-refractivity contribution in [3.05, 3.63) is 70.4 Å². The molecule has 2 saturated heterocycles. The van der Waals surface area contributed by atoms with Crippen LogP contribution in [0.4, 0.5) is 0 Å². The maximum Gasteiger partial charge on any atom is 0.253 e. The first-order valence-corrected chi connectivity index (χ1v) is 14.1. The first kappa shape index (κ1) is 23.3. The lowest BCUT2D eigenvalue weighted by Gasteiger charge is -2.45. The number of carbonyl (C=O) groups excluding carboxylic acids is 2. The van der Waals surface area contributed by atoms with Gasteiger partial charge in [-0.05, 0) is 74.7 Å². The van der Waals surface area contributed by atoms with Gasteiger partial charge in [0.15, 0.2) is 0 Å². The third-order valence-electron chi connectivity index (χ3n) is 8.38. The van der Waals surface area contributed by atoms with E-state index in [0.717, 1.165) is 56.1 Å². The first-order chi connectivity index (χ1) is 17.6. The number of amides is 2. The van der Waals surface area contributed by atoms with Crippen LogP contribution in [0.3, 0.4) is 0 Å². The number of carbonyl (C=O) groups is 2. The van der Waals surface area contributed by atoms with Gasteiger partial charge in [-0.2, -0.15) is 0 Å². The van der Waals surface area contributed by atoms with Crippen molar-refractivity contribution < 1.29 is 9.59 Å². The molecule has 4 heterocycles. The third kappa shape index (κ3) is 3.92. The Labute approximate surface area is 216 Å². The van der Waals surface area contributed by atoms with Crippen LogP contribution >= 0.6 is 11.3 Å². The molecule has 0 atom stereocenters. The predicted molar refractivity (Wildman–Crippen MR) is 147 cm³/mol. The summed E-state index contributed by atoms with van der Waals surface area (Å²) in [5, 5.41) is 4.41. The van der Waals surface area contributed by atoms with Crippen molar-refractivity contribution in [1.29, 1.82) is 0 Å². The second-order valence-corrected chi connectivity index (χ2v) is 11.3. The van der Waals surface area contributed by atoms with Gasteiger partial charge in [-0.1, -0.05) is 24.3 Å². The van der Waals surface area contributed by atoms with Crippen molar-refractivity contribution in [1.82, 2.24) is 14.4 Å². The zero-order valence-corrected chi connectivity index (χ0v) is 21.7. The van der Waals surface area contributed by atoms with Gasteiger partial charge in [0.25, 0.3) is 5.91 Å². The number of aromatic nitrogens is 1. The van der Waals surface area contributed by atoms with Gasteiger partial charge >= 0.3 is 0 Å². The smallest absolute Gasteiger partial charge is 0.253 e. The average Bonchev–Trinajstić information content (AvgIpc) is 3.65. The fourth-order valence-corrected chi connectivity index (χ4v) is 7.21. The highest BCUT2D eigenvalue weighted by Crippen LogP contribution is 2.39. The standard InChI is InChI=1S/C30H33N3O2S/c1-2-32-26-9-4-3-8-24(26)25-21-22(10-12-27(25)32)29(35)31-18-15-30(16-19-31)14-6-17-33(30)28(34)13-11-23-7-5-20-36-23/h3-5,7-10,12,20-21H,2,6,11,13-19H2,1H3. The number of fused-ring (bicyclic) bond motifs is 3. The summed E-state index contributed by atoms with van der Waals surface area (Å²) in [5.41, 5.74) is 3.08. The second kappa shape index (κ2) is 9.40. The Morgan fingerprint density at radius 1 is 0.917 bits per heavy atom. The van der Waals surface area contributed by atoms with Crippen molar-refractivity contribution in [3.8, 4) is 0 Å². The van der Waals surface area contributed by atoms with E-state index in [9.17, 15) is 9.59 Å². The first-order valence-electron chi connectivity index (χ1n) is 13.2. The van der Waals surface area contributed by atoms with Crippen LogP contribution in [0, 0.1) is 0 Å². The summed E-state index contributed by atoms with van der Waals surface area (Å²) >= 11 is 1.72. The molecule has 2 amide bonds. The van der Waals surface area contributed by atoms with Gasteiger partial charge in [-0.15, -0.1) is 11.3 Å². The topological polar surface area (TPSA) is 45.6 Å². The highest BCUT2D eigenvalue weighted by Gasteiger charge is 2.45. The van der Waals surface area contributed by atoms with E-state index in [1.807, 2.05) is 17.0 Å². The number of likely N-dealkylation sites (tertiary alicyclic amines) is 2. The molecule has 0 N–H and O–H groups in total. The lowest BCUT2D eigenvalue weighted by molar-refractivity contribution is -0.136. The third-order valence-corrected chi connectivity index (χ3v) is 9.32. The molecular weight excluding hydrogens is 466 g/mol. The number of aryl methyl sites for hydroxylation is 2. The number of rotatable bonds is 5. The summed E-state index contributed by atoms with van der Waals surface area (Å²) in [6, 6.07) is 18.8. The molecule has 2 fully saturated rings. The van der Waals surface area contributed by atoms with Crippen LogP contribution in [0.25, 0.3) is 21.8 Å².